The van der Waals surface area contributed by atoms with Crippen molar-refractivity contribution >= 4 is 10.9 Å². The zero-order valence-corrected chi connectivity index (χ0v) is 9.74. The van der Waals surface area contributed by atoms with Crippen LogP contribution in [0.1, 0.15) is 5.69 Å². The Morgan fingerprint density at radius 2 is 2.06 bits per heavy atom. The summed E-state index contributed by atoms with van der Waals surface area (Å²) < 4.78 is 5.11. The minimum Gasteiger partial charge on any atom is -0.468 e. The number of ether oxygens (including phenoxy) is 1. The second-order valence-corrected chi connectivity index (χ2v) is 3.97. The molecule has 4 nitrogen and oxygen atoms in total. The van der Waals surface area contributed by atoms with Crippen LogP contribution in [-0.4, -0.2) is 22.1 Å². The highest BCUT2D eigenvalue weighted by Crippen LogP contribution is 2.30. The molecule has 0 bridgehead atoms. The van der Waals surface area contributed by atoms with Crippen LogP contribution >= 0.6 is 0 Å². The van der Waals surface area contributed by atoms with Gasteiger partial charge in [0.1, 0.15) is 0 Å². The maximum absolute atomic E-state index is 5.11. The molecule has 0 aliphatic heterocycles. The van der Waals surface area contributed by atoms with Crippen LogP contribution < -0.4 is 4.74 Å². The van der Waals surface area contributed by atoms with E-state index in [1.165, 1.54) is 5.39 Å². The van der Waals surface area contributed by atoms with Gasteiger partial charge >= 0.3 is 0 Å². The maximum Gasteiger partial charge on any atom is 0.294 e. The van der Waals surface area contributed by atoms with Gasteiger partial charge in [-0.15, -0.1) is 0 Å². The van der Waals surface area contributed by atoms with Gasteiger partial charge in [0.05, 0.1) is 12.8 Å². The maximum atomic E-state index is 5.11. The van der Waals surface area contributed by atoms with E-state index in [4.69, 9.17) is 4.74 Å². The van der Waals surface area contributed by atoms with Crippen LogP contribution in [0.15, 0.2) is 30.5 Å². The largest absolute Gasteiger partial charge is 0.468 e. The molecule has 1 aromatic carbocycles. The average Bonchev–Trinajstić information content (AvgIpc) is 2.92. The molecule has 0 radical (unpaired) electrons. The Labute approximate surface area is 98.7 Å². The standard InChI is InChI=1S/C13H13N3O/c1-8-12(16-13(15-8)17-2)10-7-14-11-6-4-3-5-9(10)11/h3-7,14H,1-2H3,(H,15,16). The van der Waals surface area contributed by atoms with Gasteiger partial charge in [-0.3, -0.25) is 0 Å². The van der Waals surface area contributed by atoms with E-state index in [9.17, 15) is 0 Å². The van der Waals surface area contributed by atoms with Gasteiger partial charge in [-0.2, -0.15) is 4.98 Å². The predicted molar refractivity (Wildman–Crippen MR) is 67.2 cm³/mol. The number of para-hydroxylation sites is 1. The number of aromatic nitrogens is 3. The van der Waals surface area contributed by atoms with Gasteiger partial charge in [-0.05, 0) is 13.0 Å². The molecule has 2 aromatic heterocycles. The molecule has 0 aliphatic carbocycles. The number of H-pyrrole nitrogens is 2. The number of nitrogens with one attached hydrogen (secondary N) is 2. The second-order valence-electron chi connectivity index (χ2n) is 3.97. The van der Waals surface area contributed by atoms with Gasteiger partial charge in [-0.1, -0.05) is 18.2 Å². The van der Waals surface area contributed by atoms with Crippen LogP contribution in [0.3, 0.4) is 0 Å². The minimum atomic E-state index is 0.544. The van der Waals surface area contributed by atoms with Gasteiger partial charge in [0.15, 0.2) is 0 Å². The van der Waals surface area contributed by atoms with E-state index in [0.717, 1.165) is 22.5 Å². The van der Waals surface area contributed by atoms with Crippen molar-refractivity contribution < 1.29 is 4.74 Å². The van der Waals surface area contributed by atoms with Gasteiger partial charge in [-0.25, -0.2) is 0 Å². The van der Waals surface area contributed by atoms with E-state index in [1.807, 2.05) is 25.3 Å². The van der Waals surface area contributed by atoms with Crippen molar-refractivity contribution in [2.24, 2.45) is 0 Å². The molecule has 0 saturated heterocycles. The normalized spacial score (nSPS) is 10.9. The van der Waals surface area contributed by atoms with Crippen LogP contribution in [0.5, 0.6) is 6.01 Å². The van der Waals surface area contributed by atoms with E-state index in [1.54, 1.807) is 7.11 Å². The van der Waals surface area contributed by atoms with E-state index < -0.39 is 0 Å². The Morgan fingerprint density at radius 1 is 1.24 bits per heavy atom. The van der Waals surface area contributed by atoms with Crippen molar-refractivity contribution in [3.05, 3.63) is 36.2 Å². The minimum absolute atomic E-state index is 0.544. The van der Waals surface area contributed by atoms with E-state index in [-0.39, 0.29) is 0 Å². The quantitative estimate of drug-likeness (QED) is 0.707. The first-order valence-electron chi connectivity index (χ1n) is 5.46. The third-order valence-corrected chi connectivity index (χ3v) is 2.90. The molecule has 0 spiro atoms. The van der Waals surface area contributed by atoms with Gasteiger partial charge in [0.25, 0.3) is 6.01 Å². The third-order valence-electron chi connectivity index (χ3n) is 2.90. The molecule has 0 fully saturated rings. The molecule has 86 valence electrons. The number of fused-ring (bicyclic) bond motifs is 1. The number of rotatable bonds is 2. The highest BCUT2D eigenvalue weighted by molar-refractivity contribution is 5.95. The first-order valence-corrected chi connectivity index (χ1v) is 5.46. The number of aromatic amines is 2. The number of nitrogens with zero attached hydrogens (tertiary/aromatic N) is 1. The molecular weight excluding hydrogens is 214 g/mol. The van der Waals surface area contributed by atoms with Crippen LogP contribution in [0, 0.1) is 6.92 Å². The lowest BCUT2D eigenvalue weighted by molar-refractivity contribution is 0.384. The second kappa shape index (κ2) is 3.66. The molecule has 3 aromatic rings. The summed E-state index contributed by atoms with van der Waals surface area (Å²) in [6.07, 6.45) is 1.98. The molecule has 0 unspecified atom stereocenters. The smallest absolute Gasteiger partial charge is 0.294 e. The fourth-order valence-electron chi connectivity index (χ4n) is 2.06. The molecule has 0 amide bonds. The highest BCUT2D eigenvalue weighted by atomic mass is 16.5. The molecule has 4 heteroatoms. The summed E-state index contributed by atoms with van der Waals surface area (Å²) in [7, 11) is 1.61. The SMILES string of the molecule is COc1nc(-c2c[nH]c3ccccc23)c(C)[nH]1. The van der Waals surface area contributed by atoms with E-state index in [0.29, 0.717) is 6.01 Å². The van der Waals surface area contributed by atoms with E-state index >= 15 is 0 Å². The van der Waals surface area contributed by atoms with Crippen molar-refractivity contribution in [2.45, 2.75) is 6.92 Å². The van der Waals surface area contributed by atoms with Crippen LogP contribution in [0.4, 0.5) is 0 Å². The first kappa shape index (κ1) is 9.96. The Balaban J connectivity index is 2.23. The molecular formula is C13H13N3O. The fraction of sp³-hybridized carbons (Fsp3) is 0.154. The van der Waals surface area contributed by atoms with Crippen molar-refractivity contribution in [3.63, 3.8) is 0 Å². The lowest BCUT2D eigenvalue weighted by Gasteiger charge is -1.95. The number of aryl methyl sites for hydroxylation is 1. The molecule has 17 heavy (non-hydrogen) atoms. The fourth-order valence-corrected chi connectivity index (χ4v) is 2.06. The van der Waals surface area contributed by atoms with Crippen molar-refractivity contribution in [1.29, 1.82) is 0 Å². The highest BCUT2D eigenvalue weighted by Gasteiger charge is 2.12. The van der Waals surface area contributed by atoms with Gasteiger partial charge < -0.3 is 14.7 Å². The lowest BCUT2D eigenvalue weighted by Crippen LogP contribution is -1.83. The van der Waals surface area contributed by atoms with Crippen molar-refractivity contribution in [1.82, 2.24) is 15.0 Å². The Bertz CT molecular complexity index is 666. The summed E-state index contributed by atoms with van der Waals surface area (Å²) >= 11 is 0. The molecule has 0 atom stereocenters. The zero-order valence-electron chi connectivity index (χ0n) is 9.74. The van der Waals surface area contributed by atoms with Crippen LogP contribution in [-0.2, 0) is 0 Å². The topological polar surface area (TPSA) is 53.7 Å². The molecule has 3 rings (SSSR count). The van der Waals surface area contributed by atoms with Crippen LogP contribution in [0.25, 0.3) is 22.2 Å². The van der Waals surface area contributed by atoms with Crippen molar-refractivity contribution in [2.75, 3.05) is 7.11 Å². The Kier molecular flexibility index (Phi) is 2.14. The summed E-state index contributed by atoms with van der Waals surface area (Å²) in [5.41, 5.74) is 4.15. The first-order chi connectivity index (χ1) is 8.29. The van der Waals surface area contributed by atoms with Crippen LogP contribution in [0.2, 0.25) is 0 Å². The predicted octanol–water partition coefficient (Wildman–Crippen LogP) is 2.88. The molecule has 2 heterocycles. The number of methoxy groups -OCH3 is 1. The molecule has 2 N–H and O–H groups in total. The van der Waals surface area contributed by atoms with E-state index in [2.05, 4.69) is 27.1 Å². The zero-order chi connectivity index (χ0) is 11.8. The number of hydrogen-bond acceptors (Lipinski definition) is 2. The number of hydrogen-bond donors (Lipinski definition) is 2. The number of imidazole rings is 1. The third kappa shape index (κ3) is 1.49. The molecule has 0 aliphatic rings. The summed E-state index contributed by atoms with van der Waals surface area (Å²) in [5.74, 6) is 0. The van der Waals surface area contributed by atoms with Gasteiger partial charge in [0, 0.05) is 28.4 Å². The monoisotopic (exact) mass is 227 g/mol. The molecule has 0 saturated carbocycles. The summed E-state index contributed by atoms with van der Waals surface area (Å²) in [5, 5.41) is 1.17. The Morgan fingerprint density at radius 3 is 2.82 bits per heavy atom. The number of benzene rings is 1. The summed E-state index contributed by atoms with van der Waals surface area (Å²) in [6, 6.07) is 8.72. The summed E-state index contributed by atoms with van der Waals surface area (Å²) in [4.78, 5) is 10.8. The average molecular weight is 227 g/mol. The van der Waals surface area contributed by atoms with Crippen molar-refractivity contribution in [3.8, 4) is 17.3 Å². The van der Waals surface area contributed by atoms with Gasteiger partial charge in [0.2, 0.25) is 0 Å². The summed E-state index contributed by atoms with van der Waals surface area (Å²) in [6.45, 7) is 1.99. The Hall–Kier alpha value is -2.23. The lowest BCUT2D eigenvalue weighted by atomic mass is 10.1.